The molecular formula is C17H27NO2. The topological polar surface area (TPSA) is 30.5 Å². The van der Waals surface area contributed by atoms with Gasteiger partial charge in [-0.25, -0.2) is 0 Å². The van der Waals surface area contributed by atoms with Crippen molar-refractivity contribution in [3.8, 4) is 5.75 Å². The van der Waals surface area contributed by atoms with Crippen LogP contribution in [0.5, 0.6) is 5.75 Å². The molecule has 1 saturated carbocycles. The quantitative estimate of drug-likeness (QED) is 0.746. The first-order valence-electron chi connectivity index (χ1n) is 7.80. The van der Waals surface area contributed by atoms with Crippen LogP contribution in [-0.2, 0) is 4.74 Å². The second kappa shape index (κ2) is 7.65. The van der Waals surface area contributed by atoms with Gasteiger partial charge in [0.05, 0.1) is 24.9 Å². The summed E-state index contributed by atoms with van der Waals surface area (Å²) in [5, 5.41) is 3.56. The van der Waals surface area contributed by atoms with Crippen LogP contribution in [0.2, 0.25) is 0 Å². The molecule has 1 aliphatic carbocycles. The Hall–Kier alpha value is -1.06. The maximum atomic E-state index is 5.88. The van der Waals surface area contributed by atoms with Gasteiger partial charge in [-0.05, 0) is 57.4 Å². The van der Waals surface area contributed by atoms with E-state index in [1.807, 2.05) is 6.07 Å². The molecule has 0 amide bonds. The van der Waals surface area contributed by atoms with E-state index in [0.717, 1.165) is 18.7 Å². The molecule has 0 bridgehead atoms. The SMILES string of the molecule is CCCNC(COC(C)C)c1cccc(OC2CC2)c1. The minimum atomic E-state index is 0.236. The van der Waals surface area contributed by atoms with E-state index in [1.54, 1.807) is 0 Å². The molecule has 2 rings (SSSR count). The van der Waals surface area contributed by atoms with Gasteiger partial charge in [-0.2, -0.15) is 0 Å². The monoisotopic (exact) mass is 277 g/mol. The standard InChI is InChI=1S/C17H27NO2/c1-4-10-18-17(12-19-13(2)3)14-6-5-7-16(11-14)20-15-8-9-15/h5-7,11,13,15,17-18H,4,8-10,12H2,1-3H3. The van der Waals surface area contributed by atoms with E-state index in [-0.39, 0.29) is 12.1 Å². The first-order valence-corrected chi connectivity index (χ1v) is 7.80. The van der Waals surface area contributed by atoms with Gasteiger partial charge in [0.25, 0.3) is 0 Å². The van der Waals surface area contributed by atoms with Crippen LogP contribution in [0.3, 0.4) is 0 Å². The van der Waals surface area contributed by atoms with Crippen molar-refractivity contribution in [1.29, 1.82) is 0 Å². The summed E-state index contributed by atoms with van der Waals surface area (Å²) in [5.41, 5.74) is 1.25. The molecule has 1 N–H and O–H groups in total. The first kappa shape index (κ1) is 15.3. The highest BCUT2D eigenvalue weighted by Gasteiger charge is 2.23. The Kier molecular flexibility index (Phi) is 5.86. The second-order valence-electron chi connectivity index (χ2n) is 5.78. The van der Waals surface area contributed by atoms with Gasteiger partial charge in [0.1, 0.15) is 5.75 Å². The molecular weight excluding hydrogens is 250 g/mol. The molecule has 1 fully saturated rings. The molecule has 0 heterocycles. The van der Waals surface area contributed by atoms with Gasteiger partial charge in [-0.3, -0.25) is 0 Å². The third kappa shape index (κ3) is 5.14. The molecule has 3 heteroatoms. The van der Waals surface area contributed by atoms with E-state index in [2.05, 4.69) is 44.3 Å². The molecule has 20 heavy (non-hydrogen) atoms. The lowest BCUT2D eigenvalue weighted by molar-refractivity contribution is 0.0611. The van der Waals surface area contributed by atoms with Crippen molar-refractivity contribution in [1.82, 2.24) is 5.32 Å². The zero-order chi connectivity index (χ0) is 14.4. The van der Waals surface area contributed by atoms with Crippen molar-refractivity contribution in [3.63, 3.8) is 0 Å². The van der Waals surface area contributed by atoms with Crippen LogP contribution >= 0.6 is 0 Å². The van der Waals surface area contributed by atoms with Crippen LogP contribution in [0.4, 0.5) is 0 Å². The Morgan fingerprint density at radius 3 is 2.75 bits per heavy atom. The van der Waals surface area contributed by atoms with Crippen LogP contribution in [0, 0.1) is 0 Å². The number of hydrogen-bond donors (Lipinski definition) is 1. The van der Waals surface area contributed by atoms with Gasteiger partial charge in [0, 0.05) is 0 Å². The molecule has 1 atom stereocenters. The average Bonchev–Trinajstić information content (AvgIpc) is 3.23. The summed E-state index contributed by atoms with van der Waals surface area (Å²) >= 11 is 0. The highest BCUT2D eigenvalue weighted by Crippen LogP contribution is 2.28. The van der Waals surface area contributed by atoms with E-state index in [4.69, 9.17) is 9.47 Å². The molecule has 0 aliphatic heterocycles. The van der Waals surface area contributed by atoms with Crippen molar-refractivity contribution >= 4 is 0 Å². The third-order valence-electron chi connectivity index (χ3n) is 3.32. The molecule has 1 aromatic rings. The summed E-state index contributed by atoms with van der Waals surface area (Å²) in [6.45, 7) is 8.03. The molecule has 1 aromatic carbocycles. The third-order valence-corrected chi connectivity index (χ3v) is 3.32. The van der Waals surface area contributed by atoms with Crippen molar-refractivity contribution in [2.45, 2.75) is 58.3 Å². The van der Waals surface area contributed by atoms with Gasteiger partial charge in [0.2, 0.25) is 0 Å². The lowest BCUT2D eigenvalue weighted by Crippen LogP contribution is -2.27. The van der Waals surface area contributed by atoms with Gasteiger partial charge in [-0.15, -0.1) is 0 Å². The predicted molar refractivity (Wildman–Crippen MR) is 82.2 cm³/mol. The van der Waals surface area contributed by atoms with E-state index >= 15 is 0 Å². The molecule has 0 radical (unpaired) electrons. The smallest absolute Gasteiger partial charge is 0.120 e. The molecule has 112 valence electrons. The number of hydrogen-bond acceptors (Lipinski definition) is 3. The fourth-order valence-electron chi connectivity index (χ4n) is 2.06. The van der Waals surface area contributed by atoms with Crippen LogP contribution in [-0.4, -0.2) is 25.4 Å². The van der Waals surface area contributed by atoms with Gasteiger partial charge < -0.3 is 14.8 Å². The fourth-order valence-corrected chi connectivity index (χ4v) is 2.06. The summed E-state index contributed by atoms with van der Waals surface area (Å²) in [4.78, 5) is 0. The highest BCUT2D eigenvalue weighted by molar-refractivity contribution is 5.31. The van der Waals surface area contributed by atoms with Crippen molar-refractivity contribution in [3.05, 3.63) is 29.8 Å². The van der Waals surface area contributed by atoms with E-state index in [1.165, 1.54) is 18.4 Å². The zero-order valence-corrected chi connectivity index (χ0v) is 12.9. The summed E-state index contributed by atoms with van der Waals surface area (Å²) in [7, 11) is 0. The minimum absolute atomic E-state index is 0.236. The molecule has 1 aliphatic rings. The van der Waals surface area contributed by atoms with Crippen molar-refractivity contribution in [2.24, 2.45) is 0 Å². The number of ether oxygens (including phenoxy) is 2. The highest BCUT2D eigenvalue weighted by atomic mass is 16.5. The lowest BCUT2D eigenvalue weighted by atomic mass is 10.1. The van der Waals surface area contributed by atoms with Crippen molar-refractivity contribution < 1.29 is 9.47 Å². The molecule has 0 saturated heterocycles. The Labute approximate surface area is 122 Å². The first-order chi connectivity index (χ1) is 9.69. The largest absolute Gasteiger partial charge is 0.490 e. The molecule has 0 spiro atoms. The van der Waals surface area contributed by atoms with E-state index in [0.29, 0.717) is 12.7 Å². The maximum absolute atomic E-state index is 5.88. The normalized spacial score (nSPS) is 16.4. The summed E-state index contributed by atoms with van der Waals surface area (Å²) in [6.07, 6.45) is 4.21. The zero-order valence-electron chi connectivity index (χ0n) is 12.9. The molecule has 0 aromatic heterocycles. The summed E-state index contributed by atoms with van der Waals surface area (Å²) in [5.74, 6) is 0.984. The summed E-state index contributed by atoms with van der Waals surface area (Å²) in [6, 6.07) is 8.65. The Bertz CT molecular complexity index is 402. The minimum Gasteiger partial charge on any atom is -0.490 e. The molecule has 1 unspecified atom stereocenters. The van der Waals surface area contributed by atoms with Gasteiger partial charge >= 0.3 is 0 Å². The number of nitrogens with one attached hydrogen (secondary N) is 1. The van der Waals surface area contributed by atoms with Gasteiger partial charge in [-0.1, -0.05) is 19.1 Å². The van der Waals surface area contributed by atoms with Gasteiger partial charge in [0.15, 0.2) is 0 Å². The van der Waals surface area contributed by atoms with Crippen molar-refractivity contribution in [2.75, 3.05) is 13.2 Å². The van der Waals surface area contributed by atoms with Crippen LogP contribution < -0.4 is 10.1 Å². The Morgan fingerprint density at radius 2 is 2.10 bits per heavy atom. The Balaban J connectivity index is 2.00. The number of benzene rings is 1. The predicted octanol–water partition coefficient (Wildman–Crippen LogP) is 3.69. The summed E-state index contributed by atoms with van der Waals surface area (Å²) < 4.78 is 11.7. The Morgan fingerprint density at radius 1 is 1.30 bits per heavy atom. The number of rotatable bonds is 9. The van der Waals surface area contributed by atoms with Crippen LogP contribution in [0.1, 0.15) is 51.6 Å². The van der Waals surface area contributed by atoms with Crippen LogP contribution in [0.25, 0.3) is 0 Å². The van der Waals surface area contributed by atoms with E-state index in [9.17, 15) is 0 Å². The lowest BCUT2D eigenvalue weighted by Gasteiger charge is -2.21. The maximum Gasteiger partial charge on any atom is 0.120 e. The van der Waals surface area contributed by atoms with E-state index < -0.39 is 0 Å². The fraction of sp³-hybridized carbons (Fsp3) is 0.647. The average molecular weight is 277 g/mol. The second-order valence-corrected chi connectivity index (χ2v) is 5.78. The van der Waals surface area contributed by atoms with Crippen LogP contribution in [0.15, 0.2) is 24.3 Å². The molecule has 3 nitrogen and oxygen atoms in total.